The van der Waals surface area contributed by atoms with Crippen molar-refractivity contribution in [1.82, 2.24) is 4.90 Å². The average molecular weight is 433 g/mol. The van der Waals surface area contributed by atoms with Gasteiger partial charge in [0.15, 0.2) is 0 Å². The van der Waals surface area contributed by atoms with E-state index in [2.05, 4.69) is 0 Å². The molecule has 1 heterocycles. The van der Waals surface area contributed by atoms with Gasteiger partial charge in [0.2, 0.25) is 0 Å². The number of amides is 1. The summed E-state index contributed by atoms with van der Waals surface area (Å²) in [5.41, 5.74) is -1.12. The molecule has 1 aromatic rings. The number of methoxy groups -OCH3 is 1. The molecule has 0 N–H and O–H groups in total. The fourth-order valence-electron chi connectivity index (χ4n) is 3.58. The number of rotatable bonds is 6. The minimum Gasteiger partial charge on any atom is -0.466 e. The molecule has 1 aliphatic heterocycles. The van der Waals surface area contributed by atoms with E-state index in [-0.39, 0.29) is 37.3 Å². The van der Waals surface area contributed by atoms with Crippen LogP contribution in [-0.2, 0) is 31.7 Å². The molecule has 0 unspecified atom stereocenters. The molecule has 1 saturated heterocycles. The topological polar surface area (TPSA) is 72.9 Å². The van der Waals surface area contributed by atoms with Crippen LogP contribution in [0.4, 0.5) is 22.4 Å². The highest BCUT2D eigenvalue weighted by Gasteiger charge is 2.37. The van der Waals surface area contributed by atoms with E-state index < -0.39 is 48.0 Å². The number of esters is 1. The van der Waals surface area contributed by atoms with Crippen molar-refractivity contribution < 1.29 is 41.4 Å². The van der Waals surface area contributed by atoms with Crippen molar-refractivity contribution in [3.63, 3.8) is 0 Å². The molecule has 1 amide bonds. The number of piperidine rings is 1. The molecule has 0 saturated carbocycles. The van der Waals surface area contributed by atoms with E-state index in [1.165, 1.54) is 12.0 Å². The van der Waals surface area contributed by atoms with Crippen LogP contribution in [0.2, 0.25) is 0 Å². The van der Waals surface area contributed by atoms with Crippen molar-refractivity contribution >= 4 is 17.8 Å². The number of ether oxygens (including phenoxy) is 2. The van der Waals surface area contributed by atoms with Gasteiger partial charge in [0.1, 0.15) is 18.0 Å². The predicted molar refractivity (Wildman–Crippen MR) is 97.0 cm³/mol. The molecule has 166 valence electrons. The van der Waals surface area contributed by atoms with Crippen LogP contribution in [0, 0.1) is 11.7 Å². The van der Waals surface area contributed by atoms with E-state index >= 15 is 0 Å². The fraction of sp³-hybridized carbons (Fsp3) is 0.550. The Bertz CT molecular complexity index is 796. The first kappa shape index (κ1) is 23.6. The molecular weight excluding hydrogens is 410 g/mol. The highest BCUT2D eigenvalue weighted by atomic mass is 19.4. The number of carbonyl (C=O) groups excluding carboxylic acids is 3. The molecule has 1 aromatic carbocycles. The third-order valence-corrected chi connectivity index (χ3v) is 5.01. The number of likely N-dealkylation sites (tertiary alicyclic amines) is 1. The van der Waals surface area contributed by atoms with Crippen molar-refractivity contribution in [2.45, 2.75) is 44.8 Å². The quantitative estimate of drug-likeness (QED) is 0.388. The molecule has 2 atom stereocenters. The second-order valence-corrected chi connectivity index (χ2v) is 7.00. The number of benzene rings is 1. The summed E-state index contributed by atoms with van der Waals surface area (Å²) >= 11 is 0. The van der Waals surface area contributed by atoms with Crippen LogP contribution in [0.25, 0.3) is 0 Å². The number of hydrogen-bond acceptors (Lipinski definition) is 5. The molecule has 1 fully saturated rings. The largest absolute Gasteiger partial charge is 0.466 e. The second kappa shape index (κ2) is 9.90. The van der Waals surface area contributed by atoms with Gasteiger partial charge >= 0.3 is 18.2 Å². The zero-order valence-electron chi connectivity index (χ0n) is 16.6. The molecule has 10 heteroatoms. The minimum absolute atomic E-state index is 0.0351. The summed E-state index contributed by atoms with van der Waals surface area (Å²) in [6.07, 6.45) is -5.33. The standard InChI is InChI=1S/C20H23F4NO5/c1-3-30-18(27)11-17(26)13-6-7-25(19(28)29-2)14(10-13)8-12-4-5-15(16(21)9-12)20(22,23)24/h4-5,9,13-14H,3,6-8,10-11H2,1-2H3/t13-,14+/m0/s1. The predicted octanol–water partition coefficient (Wildman–Crippen LogP) is 3.76. The Kier molecular flexibility index (Phi) is 7.80. The Balaban J connectivity index is 2.18. The number of nitrogens with zero attached hydrogens (tertiary/aromatic N) is 1. The summed E-state index contributed by atoms with van der Waals surface area (Å²) in [7, 11) is 1.19. The van der Waals surface area contributed by atoms with Gasteiger partial charge < -0.3 is 14.4 Å². The number of halogens is 4. The van der Waals surface area contributed by atoms with Gasteiger partial charge in [-0.05, 0) is 43.9 Å². The number of alkyl halides is 3. The summed E-state index contributed by atoms with van der Waals surface area (Å²) < 4.78 is 61.7. The Morgan fingerprint density at radius 3 is 2.50 bits per heavy atom. The van der Waals surface area contributed by atoms with Gasteiger partial charge in [0, 0.05) is 18.5 Å². The SMILES string of the molecule is CCOC(=O)CC(=O)[C@H]1CCN(C(=O)OC)[C@H](Cc2ccc(C(F)(F)F)c(F)c2)C1. The van der Waals surface area contributed by atoms with Crippen molar-refractivity contribution in [3.05, 3.63) is 35.1 Å². The molecule has 0 aromatic heterocycles. The molecule has 1 aliphatic rings. The third-order valence-electron chi connectivity index (χ3n) is 5.01. The highest BCUT2D eigenvalue weighted by molar-refractivity contribution is 5.96. The van der Waals surface area contributed by atoms with Gasteiger partial charge in [-0.3, -0.25) is 9.59 Å². The molecule has 30 heavy (non-hydrogen) atoms. The third kappa shape index (κ3) is 5.93. The van der Waals surface area contributed by atoms with E-state index in [1.807, 2.05) is 0 Å². The van der Waals surface area contributed by atoms with E-state index in [0.717, 1.165) is 12.1 Å². The Morgan fingerprint density at radius 1 is 1.23 bits per heavy atom. The van der Waals surface area contributed by atoms with Crippen LogP contribution in [0.3, 0.4) is 0 Å². The lowest BCUT2D eigenvalue weighted by Gasteiger charge is -2.38. The average Bonchev–Trinajstić information content (AvgIpc) is 2.66. The molecule has 0 radical (unpaired) electrons. The normalized spacial score (nSPS) is 19.3. The van der Waals surface area contributed by atoms with E-state index in [4.69, 9.17) is 9.47 Å². The van der Waals surface area contributed by atoms with Crippen molar-refractivity contribution in [3.8, 4) is 0 Å². The molecule has 0 bridgehead atoms. The molecule has 0 spiro atoms. The molecule has 0 aliphatic carbocycles. The smallest absolute Gasteiger partial charge is 0.419 e. The Hall–Kier alpha value is -2.65. The first-order valence-electron chi connectivity index (χ1n) is 9.45. The fourth-order valence-corrected chi connectivity index (χ4v) is 3.58. The summed E-state index contributed by atoms with van der Waals surface area (Å²) in [6.45, 7) is 1.94. The molecule has 6 nitrogen and oxygen atoms in total. The van der Waals surface area contributed by atoms with Crippen LogP contribution in [0.1, 0.15) is 37.3 Å². The van der Waals surface area contributed by atoms with E-state index in [0.29, 0.717) is 12.5 Å². The Labute approximate surface area is 171 Å². The van der Waals surface area contributed by atoms with Crippen LogP contribution in [0.15, 0.2) is 18.2 Å². The molecule has 2 rings (SSSR count). The zero-order chi connectivity index (χ0) is 22.5. The van der Waals surface area contributed by atoms with Gasteiger partial charge in [0.05, 0.1) is 19.3 Å². The maximum atomic E-state index is 13.9. The number of Topliss-reactive ketones (excluding diaryl/α,β-unsaturated/α-hetero) is 1. The lowest BCUT2D eigenvalue weighted by molar-refractivity contribution is -0.147. The molecular formula is C20H23F4NO5. The van der Waals surface area contributed by atoms with Gasteiger partial charge in [-0.15, -0.1) is 0 Å². The maximum absolute atomic E-state index is 13.9. The first-order chi connectivity index (χ1) is 14.1. The van der Waals surface area contributed by atoms with E-state index in [9.17, 15) is 31.9 Å². The zero-order valence-corrected chi connectivity index (χ0v) is 16.6. The number of carbonyl (C=O) groups is 3. The number of ketones is 1. The Morgan fingerprint density at radius 2 is 1.93 bits per heavy atom. The maximum Gasteiger partial charge on any atom is 0.419 e. The van der Waals surface area contributed by atoms with Gasteiger partial charge in [-0.1, -0.05) is 6.07 Å². The van der Waals surface area contributed by atoms with Gasteiger partial charge in [-0.25, -0.2) is 9.18 Å². The van der Waals surface area contributed by atoms with Gasteiger partial charge in [-0.2, -0.15) is 13.2 Å². The lowest BCUT2D eigenvalue weighted by Crippen LogP contribution is -2.48. The summed E-state index contributed by atoms with van der Waals surface area (Å²) in [5.74, 6) is -2.91. The first-order valence-corrected chi connectivity index (χ1v) is 9.45. The minimum atomic E-state index is -4.81. The van der Waals surface area contributed by atoms with Gasteiger partial charge in [0.25, 0.3) is 0 Å². The van der Waals surface area contributed by atoms with Crippen LogP contribution in [0.5, 0.6) is 0 Å². The van der Waals surface area contributed by atoms with E-state index in [1.54, 1.807) is 6.92 Å². The second-order valence-electron chi connectivity index (χ2n) is 7.00. The van der Waals surface area contributed by atoms with Crippen molar-refractivity contribution in [2.24, 2.45) is 5.92 Å². The summed E-state index contributed by atoms with van der Waals surface area (Å²) in [4.78, 5) is 37.4. The van der Waals surface area contributed by atoms with Crippen LogP contribution in [-0.4, -0.2) is 49.0 Å². The number of hydrogen-bond donors (Lipinski definition) is 0. The monoisotopic (exact) mass is 433 g/mol. The van der Waals surface area contributed by atoms with Crippen molar-refractivity contribution in [1.29, 1.82) is 0 Å². The summed E-state index contributed by atoms with van der Waals surface area (Å²) in [6, 6.07) is 1.98. The van der Waals surface area contributed by atoms with Crippen molar-refractivity contribution in [2.75, 3.05) is 20.3 Å². The summed E-state index contributed by atoms with van der Waals surface area (Å²) in [5, 5.41) is 0. The lowest BCUT2D eigenvalue weighted by atomic mass is 9.84. The van der Waals surface area contributed by atoms with Crippen LogP contribution >= 0.6 is 0 Å². The van der Waals surface area contributed by atoms with Crippen LogP contribution < -0.4 is 0 Å². The highest BCUT2D eigenvalue weighted by Crippen LogP contribution is 2.33.